The number of hydrogen-bond acceptors (Lipinski definition) is 3. The molecule has 1 saturated heterocycles. The van der Waals surface area contributed by atoms with Crippen molar-refractivity contribution in [3.8, 4) is 0 Å². The van der Waals surface area contributed by atoms with Gasteiger partial charge >= 0.3 is 0 Å². The predicted molar refractivity (Wildman–Crippen MR) is 99.4 cm³/mol. The van der Waals surface area contributed by atoms with Crippen LogP contribution >= 0.6 is 0 Å². The highest BCUT2D eigenvalue weighted by Gasteiger charge is 2.32. The molecule has 1 aromatic heterocycles. The van der Waals surface area contributed by atoms with Gasteiger partial charge < -0.3 is 4.90 Å². The van der Waals surface area contributed by atoms with E-state index in [0.717, 1.165) is 19.6 Å². The van der Waals surface area contributed by atoms with Crippen molar-refractivity contribution in [2.75, 3.05) is 13.1 Å². The van der Waals surface area contributed by atoms with E-state index in [-0.39, 0.29) is 11.8 Å². The Morgan fingerprint density at radius 3 is 2.15 bits per heavy atom. The second-order valence-electron chi connectivity index (χ2n) is 6.87. The van der Waals surface area contributed by atoms with Crippen LogP contribution in [0.1, 0.15) is 23.5 Å². The van der Waals surface area contributed by atoms with Crippen molar-refractivity contribution in [1.29, 1.82) is 0 Å². The molecule has 0 saturated carbocycles. The number of carbonyl (C=O) groups excluding carboxylic acids is 1. The van der Waals surface area contributed by atoms with Crippen molar-refractivity contribution in [2.45, 2.75) is 18.9 Å². The normalized spacial score (nSPS) is 14.4. The molecule has 0 aliphatic carbocycles. The molecular formula is C21H22N4O. The van der Waals surface area contributed by atoms with Gasteiger partial charge in [-0.2, -0.15) is 0 Å². The fraction of sp³-hybridized carbons (Fsp3) is 0.286. The lowest BCUT2D eigenvalue weighted by Gasteiger charge is -2.40. The summed E-state index contributed by atoms with van der Waals surface area (Å²) in [5, 5.41) is 7.83. The van der Waals surface area contributed by atoms with Gasteiger partial charge in [-0.15, -0.1) is 5.10 Å². The molecule has 0 spiro atoms. The molecule has 0 atom stereocenters. The summed E-state index contributed by atoms with van der Waals surface area (Å²) in [5.41, 5.74) is 2.37. The van der Waals surface area contributed by atoms with Crippen molar-refractivity contribution in [2.24, 2.45) is 5.92 Å². The number of amides is 1. The summed E-state index contributed by atoms with van der Waals surface area (Å²) in [4.78, 5) is 14.8. The van der Waals surface area contributed by atoms with Gasteiger partial charge in [-0.25, -0.2) is 0 Å². The molecule has 2 aromatic carbocycles. The fourth-order valence-corrected chi connectivity index (χ4v) is 3.59. The Kier molecular flexibility index (Phi) is 4.78. The number of aromatic nitrogens is 3. The summed E-state index contributed by atoms with van der Waals surface area (Å²) >= 11 is 0. The minimum Gasteiger partial charge on any atom is -0.342 e. The molecule has 1 aliphatic rings. The lowest BCUT2D eigenvalue weighted by molar-refractivity contribution is -0.138. The van der Waals surface area contributed by atoms with E-state index in [2.05, 4.69) is 34.6 Å². The highest BCUT2D eigenvalue weighted by Crippen LogP contribution is 2.30. The molecule has 1 aliphatic heterocycles. The maximum absolute atomic E-state index is 12.8. The summed E-state index contributed by atoms with van der Waals surface area (Å²) in [6.45, 7) is 2.43. The van der Waals surface area contributed by atoms with Gasteiger partial charge in [0, 0.05) is 44.1 Å². The molecule has 3 aromatic rings. The summed E-state index contributed by atoms with van der Waals surface area (Å²) in [5.74, 6) is 0.782. The second kappa shape index (κ2) is 7.52. The zero-order valence-corrected chi connectivity index (χ0v) is 14.6. The summed E-state index contributed by atoms with van der Waals surface area (Å²) < 4.78 is 1.84. The molecule has 5 nitrogen and oxygen atoms in total. The van der Waals surface area contributed by atoms with Gasteiger partial charge in [0.25, 0.3) is 0 Å². The molecule has 4 rings (SSSR count). The van der Waals surface area contributed by atoms with Crippen molar-refractivity contribution >= 4 is 5.91 Å². The molecule has 5 heteroatoms. The third-order valence-electron chi connectivity index (χ3n) is 5.01. The van der Waals surface area contributed by atoms with E-state index in [1.807, 2.05) is 52.2 Å². The van der Waals surface area contributed by atoms with E-state index in [1.165, 1.54) is 11.1 Å². The third-order valence-corrected chi connectivity index (χ3v) is 5.01. The third kappa shape index (κ3) is 3.67. The first kappa shape index (κ1) is 16.5. The summed E-state index contributed by atoms with van der Waals surface area (Å²) in [6, 6.07) is 20.6. The van der Waals surface area contributed by atoms with Gasteiger partial charge in [-0.05, 0) is 11.1 Å². The lowest BCUT2D eigenvalue weighted by Crippen LogP contribution is -2.51. The van der Waals surface area contributed by atoms with E-state index in [4.69, 9.17) is 0 Å². The van der Waals surface area contributed by atoms with Gasteiger partial charge in [0.05, 0.1) is 6.20 Å². The van der Waals surface area contributed by atoms with Gasteiger partial charge in [0.1, 0.15) is 0 Å². The SMILES string of the molecule is O=C(CC(c1ccccc1)c1ccccc1)N1CC(Cn2ccnn2)C1. The first-order valence-corrected chi connectivity index (χ1v) is 9.01. The van der Waals surface area contributed by atoms with Crippen molar-refractivity contribution in [3.63, 3.8) is 0 Å². The number of hydrogen-bond donors (Lipinski definition) is 0. The molecule has 1 fully saturated rings. The van der Waals surface area contributed by atoms with Crippen LogP contribution in [0.25, 0.3) is 0 Å². The van der Waals surface area contributed by atoms with Crippen LogP contribution in [-0.2, 0) is 11.3 Å². The van der Waals surface area contributed by atoms with E-state index < -0.39 is 0 Å². The van der Waals surface area contributed by atoms with Crippen LogP contribution in [0.3, 0.4) is 0 Å². The highest BCUT2D eigenvalue weighted by molar-refractivity contribution is 5.78. The van der Waals surface area contributed by atoms with E-state index in [9.17, 15) is 4.79 Å². The average molecular weight is 346 g/mol. The van der Waals surface area contributed by atoms with Gasteiger partial charge in [-0.3, -0.25) is 9.48 Å². The molecule has 0 N–H and O–H groups in total. The van der Waals surface area contributed by atoms with E-state index in [0.29, 0.717) is 12.3 Å². The molecule has 0 unspecified atom stereocenters. The Hall–Kier alpha value is -2.95. The Balaban J connectivity index is 1.41. The molecule has 26 heavy (non-hydrogen) atoms. The largest absolute Gasteiger partial charge is 0.342 e. The van der Waals surface area contributed by atoms with Crippen molar-refractivity contribution in [3.05, 3.63) is 84.2 Å². The number of benzene rings is 2. The molecule has 1 amide bonds. The van der Waals surface area contributed by atoms with Crippen LogP contribution < -0.4 is 0 Å². The van der Waals surface area contributed by atoms with Crippen LogP contribution in [0.2, 0.25) is 0 Å². The zero-order valence-electron chi connectivity index (χ0n) is 14.6. The Bertz CT molecular complexity index is 787. The molecule has 2 heterocycles. The van der Waals surface area contributed by atoms with Crippen LogP contribution in [0, 0.1) is 5.92 Å². The van der Waals surface area contributed by atoms with Crippen LogP contribution in [0.4, 0.5) is 0 Å². The Labute approximate surface area is 153 Å². The molecule has 132 valence electrons. The van der Waals surface area contributed by atoms with Crippen LogP contribution in [0.15, 0.2) is 73.1 Å². The second-order valence-corrected chi connectivity index (χ2v) is 6.87. The van der Waals surface area contributed by atoms with Gasteiger partial charge in [0.2, 0.25) is 5.91 Å². The molecular weight excluding hydrogens is 324 g/mol. The predicted octanol–water partition coefficient (Wildman–Crippen LogP) is 2.96. The average Bonchev–Trinajstić information content (AvgIpc) is 3.17. The molecule has 0 bridgehead atoms. The number of carbonyl (C=O) groups is 1. The summed E-state index contributed by atoms with van der Waals surface area (Å²) in [7, 11) is 0. The first-order chi connectivity index (χ1) is 12.8. The monoisotopic (exact) mass is 346 g/mol. The van der Waals surface area contributed by atoms with Gasteiger partial charge in [-0.1, -0.05) is 65.9 Å². The standard InChI is InChI=1S/C21H22N4O/c26-21(24-14-17(15-24)16-25-12-11-22-23-25)13-20(18-7-3-1-4-8-18)19-9-5-2-6-10-19/h1-12,17,20H,13-16H2. The van der Waals surface area contributed by atoms with Crippen LogP contribution in [0.5, 0.6) is 0 Å². The first-order valence-electron chi connectivity index (χ1n) is 9.01. The van der Waals surface area contributed by atoms with E-state index in [1.54, 1.807) is 6.20 Å². The maximum atomic E-state index is 12.8. The van der Waals surface area contributed by atoms with Crippen molar-refractivity contribution < 1.29 is 4.79 Å². The number of rotatable bonds is 6. The quantitative estimate of drug-likeness (QED) is 0.689. The Morgan fingerprint density at radius 2 is 1.62 bits per heavy atom. The number of nitrogens with zero attached hydrogens (tertiary/aromatic N) is 4. The fourth-order valence-electron chi connectivity index (χ4n) is 3.59. The van der Waals surface area contributed by atoms with Gasteiger partial charge in [0.15, 0.2) is 0 Å². The smallest absolute Gasteiger partial charge is 0.223 e. The van der Waals surface area contributed by atoms with Crippen molar-refractivity contribution in [1.82, 2.24) is 19.9 Å². The minimum atomic E-state index is 0.0965. The topological polar surface area (TPSA) is 51.0 Å². The highest BCUT2D eigenvalue weighted by atomic mass is 16.2. The van der Waals surface area contributed by atoms with E-state index >= 15 is 0 Å². The minimum absolute atomic E-state index is 0.0965. The van der Waals surface area contributed by atoms with Crippen LogP contribution in [-0.4, -0.2) is 38.9 Å². The Morgan fingerprint density at radius 1 is 1.00 bits per heavy atom. The summed E-state index contributed by atoms with van der Waals surface area (Å²) in [6.07, 6.45) is 4.06. The number of likely N-dealkylation sites (tertiary alicyclic amines) is 1. The molecule has 0 radical (unpaired) electrons. The maximum Gasteiger partial charge on any atom is 0.223 e. The zero-order chi connectivity index (χ0) is 17.8. The lowest BCUT2D eigenvalue weighted by atomic mass is 9.87.